The zero-order valence-electron chi connectivity index (χ0n) is 12.1. The number of nitrogens with two attached hydrogens (primary N) is 1. The number of rotatable bonds is 3. The fourth-order valence-electron chi connectivity index (χ4n) is 1.87. The Bertz CT molecular complexity index is 755. The largest absolute Gasteiger partial charge is 0.456 e. The molecule has 4 heteroatoms. The number of hydrogen-bond acceptors (Lipinski definition) is 4. The Labute approximate surface area is 128 Å². The van der Waals surface area contributed by atoms with Gasteiger partial charge in [0.1, 0.15) is 0 Å². The number of benzene rings is 2. The van der Waals surface area contributed by atoms with E-state index in [9.17, 15) is 9.59 Å². The molecule has 0 radical (unpaired) electrons. The van der Waals surface area contributed by atoms with Gasteiger partial charge in [0.2, 0.25) is 0 Å². The molecule has 0 saturated carbocycles. The number of esters is 1. The number of nitrogen functional groups attached to an aromatic ring is 1. The van der Waals surface area contributed by atoms with Crippen LogP contribution in [0.4, 0.5) is 5.69 Å². The summed E-state index contributed by atoms with van der Waals surface area (Å²) in [5.74, 6) is 4.25. The normalized spacial score (nSPS) is 9.50. The number of carbonyl (C=O) groups is 2. The molecule has 0 aliphatic heterocycles. The standard InChI is InChI=1S/C18H15NO3/c1-2-22-17(20)11-9-13-8-10-16(19)15(12-13)18(21)14-6-4-3-5-7-14/h3-8,10,12H,2,19H2,1H3. The van der Waals surface area contributed by atoms with Gasteiger partial charge in [-0.1, -0.05) is 36.3 Å². The first-order chi connectivity index (χ1) is 10.6. The lowest BCUT2D eigenvalue weighted by Gasteiger charge is -2.05. The molecular weight excluding hydrogens is 278 g/mol. The van der Waals surface area contributed by atoms with Crippen LogP contribution in [-0.4, -0.2) is 18.4 Å². The van der Waals surface area contributed by atoms with Crippen molar-refractivity contribution in [1.82, 2.24) is 0 Å². The van der Waals surface area contributed by atoms with Crippen LogP contribution >= 0.6 is 0 Å². The van der Waals surface area contributed by atoms with Crippen molar-refractivity contribution in [3.63, 3.8) is 0 Å². The SMILES string of the molecule is CCOC(=O)C#Cc1ccc(N)c(C(=O)c2ccccc2)c1. The van der Waals surface area contributed by atoms with Crippen LogP contribution in [0.25, 0.3) is 0 Å². The van der Waals surface area contributed by atoms with Crippen molar-refractivity contribution < 1.29 is 14.3 Å². The summed E-state index contributed by atoms with van der Waals surface area (Å²) in [4.78, 5) is 23.7. The molecule has 0 unspecified atom stereocenters. The predicted octanol–water partition coefficient (Wildman–Crippen LogP) is 2.41. The lowest BCUT2D eigenvalue weighted by Crippen LogP contribution is -2.05. The first-order valence-electron chi connectivity index (χ1n) is 6.80. The molecular formula is C18H15NO3. The van der Waals surface area contributed by atoms with E-state index < -0.39 is 5.97 Å². The summed E-state index contributed by atoms with van der Waals surface area (Å²) in [5, 5.41) is 0. The Hall–Kier alpha value is -3.06. The van der Waals surface area contributed by atoms with E-state index in [1.807, 2.05) is 6.07 Å². The second-order valence-corrected chi connectivity index (χ2v) is 4.47. The Morgan fingerprint density at radius 3 is 2.55 bits per heavy atom. The van der Waals surface area contributed by atoms with Gasteiger partial charge in [-0.3, -0.25) is 4.79 Å². The first kappa shape index (κ1) is 15.3. The van der Waals surface area contributed by atoms with Crippen LogP contribution < -0.4 is 5.73 Å². The van der Waals surface area contributed by atoms with E-state index >= 15 is 0 Å². The van der Waals surface area contributed by atoms with Crippen LogP contribution in [-0.2, 0) is 9.53 Å². The molecule has 110 valence electrons. The summed E-state index contributed by atoms with van der Waals surface area (Å²) >= 11 is 0. The number of anilines is 1. The average molecular weight is 293 g/mol. The fourth-order valence-corrected chi connectivity index (χ4v) is 1.87. The van der Waals surface area contributed by atoms with Crippen molar-refractivity contribution in [3.8, 4) is 11.8 Å². The van der Waals surface area contributed by atoms with Crippen molar-refractivity contribution in [3.05, 3.63) is 65.2 Å². The molecule has 2 rings (SSSR count). The molecule has 0 saturated heterocycles. The topological polar surface area (TPSA) is 69.4 Å². The van der Waals surface area contributed by atoms with E-state index in [-0.39, 0.29) is 12.4 Å². The van der Waals surface area contributed by atoms with Crippen molar-refractivity contribution >= 4 is 17.4 Å². The Kier molecular flexibility index (Phi) is 4.94. The third-order valence-corrected chi connectivity index (χ3v) is 2.92. The number of ether oxygens (including phenoxy) is 1. The highest BCUT2D eigenvalue weighted by molar-refractivity contribution is 6.12. The number of carbonyl (C=O) groups excluding carboxylic acids is 2. The zero-order chi connectivity index (χ0) is 15.9. The van der Waals surface area contributed by atoms with Gasteiger partial charge in [-0.15, -0.1) is 0 Å². The maximum Gasteiger partial charge on any atom is 0.384 e. The average Bonchev–Trinajstić information content (AvgIpc) is 2.54. The summed E-state index contributed by atoms with van der Waals surface area (Å²) in [5.41, 5.74) is 7.68. The second kappa shape index (κ2) is 7.09. The molecule has 0 spiro atoms. The predicted molar refractivity (Wildman–Crippen MR) is 84.2 cm³/mol. The van der Waals surface area contributed by atoms with Gasteiger partial charge in [0.25, 0.3) is 0 Å². The molecule has 0 aromatic heterocycles. The highest BCUT2D eigenvalue weighted by Crippen LogP contribution is 2.18. The van der Waals surface area contributed by atoms with Crippen LogP contribution in [0.3, 0.4) is 0 Å². The lowest BCUT2D eigenvalue weighted by molar-refractivity contribution is -0.136. The van der Waals surface area contributed by atoms with E-state index in [0.29, 0.717) is 22.4 Å². The zero-order valence-corrected chi connectivity index (χ0v) is 12.1. The molecule has 2 aromatic rings. The van der Waals surface area contributed by atoms with Gasteiger partial charge in [-0.25, -0.2) is 4.79 Å². The lowest BCUT2D eigenvalue weighted by atomic mass is 10.00. The van der Waals surface area contributed by atoms with Crippen LogP contribution in [0.15, 0.2) is 48.5 Å². The molecule has 22 heavy (non-hydrogen) atoms. The third-order valence-electron chi connectivity index (χ3n) is 2.92. The van der Waals surface area contributed by atoms with Crippen LogP contribution in [0.1, 0.15) is 28.4 Å². The molecule has 0 atom stereocenters. The van der Waals surface area contributed by atoms with Gasteiger partial charge in [0.15, 0.2) is 5.78 Å². The molecule has 0 amide bonds. The molecule has 0 bridgehead atoms. The summed E-state index contributed by atoms with van der Waals surface area (Å²) < 4.78 is 4.73. The minimum absolute atomic E-state index is 0.183. The first-order valence-corrected chi connectivity index (χ1v) is 6.80. The van der Waals surface area contributed by atoms with Crippen molar-refractivity contribution in [2.24, 2.45) is 0 Å². The van der Waals surface area contributed by atoms with E-state index in [0.717, 1.165) is 0 Å². The molecule has 0 aliphatic carbocycles. The summed E-state index contributed by atoms with van der Waals surface area (Å²) in [6, 6.07) is 13.7. The van der Waals surface area contributed by atoms with Gasteiger partial charge in [-0.2, -0.15) is 0 Å². The van der Waals surface area contributed by atoms with Crippen LogP contribution in [0.5, 0.6) is 0 Å². The van der Waals surface area contributed by atoms with Gasteiger partial charge in [-0.05, 0) is 25.1 Å². The van der Waals surface area contributed by atoms with E-state index in [4.69, 9.17) is 10.5 Å². The van der Waals surface area contributed by atoms with Crippen molar-refractivity contribution in [2.75, 3.05) is 12.3 Å². The summed E-state index contributed by atoms with van der Waals surface area (Å²) in [6.07, 6.45) is 0. The molecule has 4 nitrogen and oxygen atoms in total. The van der Waals surface area contributed by atoms with E-state index in [2.05, 4.69) is 11.8 Å². The Balaban J connectivity index is 2.31. The summed E-state index contributed by atoms with van der Waals surface area (Å²) in [7, 11) is 0. The maximum absolute atomic E-state index is 12.4. The van der Waals surface area contributed by atoms with Gasteiger partial charge in [0, 0.05) is 28.3 Å². The summed E-state index contributed by atoms with van der Waals surface area (Å²) in [6.45, 7) is 1.98. The quantitative estimate of drug-likeness (QED) is 0.408. The smallest absolute Gasteiger partial charge is 0.384 e. The monoisotopic (exact) mass is 293 g/mol. The minimum Gasteiger partial charge on any atom is -0.456 e. The number of ketones is 1. The van der Waals surface area contributed by atoms with Crippen molar-refractivity contribution in [2.45, 2.75) is 6.92 Å². The fraction of sp³-hybridized carbons (Fsp3) is 0.111. The molecule has 0 heterocycles. The van der Waals surface area contributed by atoms with Gasteiger partial charge in [0.05, 0.1) is 6.61 Å². The molecule has 0 fully saturated rings. The van der Waals surface area contributed by atoms with Crippen LogP contribution in [0, 0.1) is 11.8 Å². The molecule has 2 aromatic carbocycles. The van der Waals surface area contributed by atoms with Crippen molar-refractivity contribution in [1.29, 1.82) is 0 Å². The van der Waals surface area contributed by atoms with Gasteiger partial charge >= 0.3 is 5.97 Å². The maximum atomic E-state index is 12.4. The Morgan fingerprint density at radius 1 is 1.14 bits per heavy atom. The molecule has 0 aliphatic rings. The highest BCUT2D eigenvalue weighted by atomic mass is 16.5. The molecule has 2 N–H and O–H groups in total. The Morgan fingerprint density at radius 2 is 1.86 bits per heavy atom. The van der Waals surface area contributed by atoms with E-state index in [1.54, 1.807) is 49.4 Å². The minimum atomic E-state index is -0.602. The second-order valence-electron chi connectivity index (χ2n) is 4.47. The van der Waals surface area contributed by atoms with Gasteiger partial charge < -0.3 is 10.5 Å². The van der Waals surface area contributed by atoms with Crippen LogP contribution in [0.2, 0.25) is 0 Å². The third kappa shape index (κ3) is 3.74. The highest BCUT2D eigenvalue weighted by Gasteiger charge is 2.12. The number of hydrogen-bond donors (Lipinski definition) is 1. The van der Waals surface area contributed by atoms with E-state index in [1.165, 1.54) is 0 Å².